The molecule has 0 spiro atoms. The van der Waals surface area contributed by atoms with E-state index in [0.717, 1.165) is 12.0 Å². The molecule has 5 heteroatoms. The Kier molecular flexibility index (Phi) is 6.80. The second-order valence-corrected chi connectivity index (χ2v) is 6.32. The predicted octanol–water partition coefficient (Wildman–Crippen LogP) is 4.25. The van der Waals surface area contributed by atoms with Crippen molar-refractivity contribution in [3.63, 3.8) is 0 Å². The van der Waals surface area contributed by atoms with Crippen LogP contribution in [0.3, 0.4) is 0 Å². The lowest BCUT2D eigenvalue weighted by Gasteiger charge is -2.17. The van der Waals surface area contributed by atoms with Gasteiger partial charge in [0, 0.05) is 6.42 Å². The molecule has 20 heavy (non-hydrogen) atoms. The van der Waals surface area contributed by atoms with E-state index in [1.165, 1.54) is 0 Å². The fourth-order valence-electron chi connectivity index (χ4n) is 2.15. The molecule has 1 aromatic rings. The van der Waals surface area contributed by atoms with Crippen LogP contribution in [0.2, 0.25) is 10.0 Å². The summed E-state index contributed by atoms with van der Waals surface area (Å²) in [5, 5.41) is 3.73. The lowest BCUT2D eigenvalue weighted by Crippen LogP contribution is -2.23. The van der Waals surface area contributed by atoms with Crippen molar-refractivity contribution >= 4 is 34.8 Å². The molecule has 0 radical (unpaired) electrons. The normalized spacial score (nSPS) is 12.6. The molecule has 112 valence electrons. The largest absolute Gasteiger partial charge is 0.330 e. The van der Waals surface area contributed by atoms with Crippen LogP contribution in [0.25, 0.3) is 0 Å². The van der Waals surface area contributed by atoms with Gasteiger partial charge in [0.2, 0.25) is 5.91 Å². The Hall–Kier alpha value is -0.770. The second-order valence-electron chi connectivity index (χ2n) is 5.54. The number of benzene rings is 1. The fraction of sp³-hybridized carbons (Fsp3) is 0.533. The third-order valence-electron chi connectivity index (χ3n) is 3.16. The number of amides is 1. The minimum Gasteiger partial charge on any atom is -0.330 e. The summed E-state index contributed by atoms with van der Waals surface area (Å²) < 4.78 is 0. The summed E-state index contributed by atoms with van der Waals surface area (Å²) in [5.41, 5.74) is 7.08. The number of carbonyl (C=O) groups excluding carboxylic acids is 1. The molecule has 0 aromatic heterocycles. The van der Waals surface area contributed by atoms with Crippen LogP contribution in [0.1, 0.15) is 32.3 Å². The van der Waals surface area contributed by atoms with E-state index in [1.807, 2.05) is 13.0 Å². The number of rotatable bonds is 6. The zero-order valence-electron chi connectivity index (χ0n) is 12.2. The molecule has 0 saturated heterocycles. The molecule has 0 bridgehead atoms. The van der Waals surface area contributed by atoms with Gasteiger partial charge in [-0.15, -0.1) is 0 Å². The topological polar surface area (TPSA) is 55.1 Å². The Bertz CT molecular complexity index is 475. The summed E-state index contributed by atoms with van der Waals surface area (Å²) >= 11 is 12.2. The van der Waals surface area contributed by atoms with Crippen LogP contribution in [0.15, 0.2) is 12.1 Å². The SMILES string of the molecule is Cc1ccc(Cl)c(NC(=O)C[C@@H](CN)CC(C)C)c1Cl. The molecule has 0 aliphatic heterocycles. The Labute approximate surface area is 130 Å². The second kappa shape index (κ2) is 7.87. The number of anilines is 1. The van der Waals surface area contributed by atoms with E-state index in [1.54, 1.807) is 6.07 Å². The number of carbonyl (C=O) groups is 1. The minimum absolute atomic E-state index is 0.101. The van der Waals surface area contributed by atoms with E-state index in [9.17, 15) is 4.79 Å². The average molecular weight is 317 g/mol. The lowest BCUT2D eigenvalue weighted by atomic mass is 9.94. The van der Waals surface area contributed by atoms with Gasteiger partial charge in [0.05, 0.1) is 15.7 Å². The zero-order valence-corrected chi connectivity index (χ0v) is 13.7. The van der Waals surface area contributed by atoms with E-state index in [0.29, 0.717) is 34.6 Å². The first-order valence-corrected chi connectivity index (χ1v) is 7.55. The first kappa shape index (κ1) is 17.3. The van der Waals surface area contributed by atoms with Crippen molar-refractivity contribution in [1.29, 1.82) is 0 Å². The highest BCUT2D eigenvalue weighted by Crippen LogP contribution is 2.33. The molecule has 0 unspecified atom stereocenters. The molecule has 1 aromatic carbocycles. The Morgan fingerprint density at radius 1 is 1.35 bits per heavy atom. The van der Waals surface area contributed by atoms with Crippen LogP contribution < -0.4 is 11.1 Å². The third-order valence-corrected chi connectivity index (χ3v) is 3.96. The van der Waals surface area contributed by atoms with E-state index >= 15 is 0 Å². The van der Waals surface area contributed by atoms with Crippen molar-refractivity contribution in [3.05, 3.63) is 27.7 Å². The summed E-state index contributed by atoms with van der Waals surface area (Å²) in [6.07, 6.45) is 1.31. The van der Waals surface area contributed by atoms with Gasteiger partial charge >= 0.3 is 0 Å². The van der Waals surface area contributed by atoms with Gasteiger partial charge in [-0.2, -0.15) is 0 Å². The van der Waals surface area contributed by atoms with Gasteiger partial charge in [0.1, 0.15) is 0 Å². The number of nitrogens with one attached hydrogen (secondary N) is 1. The van der Waals surface area contributed by atoms with Crippen LogP contribution in [-0.2, 0) is 4.79 Å². The van der Waals surface area contributed by atoms with Crippen molar-refractivity contribution in [2.75, 3.05) is 11.9 Å². The maximum Gasteiger partial charge on any atom is 0.224 e. The molecule has 1 rings (SSSR count). The highest BCUT2D eigenvalue weighted by molar-refractivity contribution is 6.40. The van der Waals surface area contributed by atoms with Gasteiger partial charge in [-0.05, 0) is 43.4 Å². The zero-order chi connectivity index (χ0) is 15.3. The minimum atomic E-state index is -0.101. The number of hydrogen-bond acceptors (Lipinski definition) is 2. The van der Waals surface area contributed by atoms with Crippen molar-refractivity contribution in [1.82, 2.24) is 0 Å². The maximum absolute atomic E-state index is 12.1. The van der Waals surface area contributed by atoms with E-state index in [-0.39, 0.29) is 11.8 Å². The summed E-state index contributed by atoms with van der Waals surface area (Å²) in [5.74, 6) is 0.593. The van der Waals surface area contributed by atoms with E-state index < -0.39 is 0 Å². The molecule has 3 nitrogen and oxygen atoms in total. The fourth-order valence-corrected chi connectivity index (χ4v) is 2.62. The van der Waals surface area contributed by atoms with Crippen LogP contribution in [0.5, 0.6) is 0 Å². The monoisotopic (exact) mass is 316 g/mol. The summed E-state index contributed by atoms with van der Waals surface area (Å²) in [6.45, 7) is 6.61. The highest BCUT2D eigenvalue weighted by Gasteiger charge is 2.16. The molecule has 0 aliphatic rings. The van der Waals surface area contributed by atoms with E-state index in [4.69, 9.17) is 28.9 Å². The van der Waals surface area contributed by atoms with Crippen molar-refractivity contribution in [2.24, 2.45) is 17.6 Å². The Balaban J connectivity index is 2.74. The number of aryl methyl sites for hydroxylation is 1. The smallest absolute Gasteiger partial charge is 0.224 e. The molecular formula is C15H22Cl2N2O. The number of hydrogen-bond donors (Lipinski definition) is 2. The molecule has 1 atom stereocenters. The van der Waals surface area contributed by atoms with Gasteiger partial charge in [-0.1, -0.05) is 43.1 Å². The number of nitrogens with two attached hydrogens (primary N) is 1. The van der Waals surface area contributed by atoms with Crippen LogP contribution in [0, 0.1) is 18.8 Å². The van der Waals surface area contributed by atoms with Gasteiger partial charge in [0.25, 0.3) is 0 Å². The van der Waals surface area contributed by atoms with Crippen LogP contribution >= 0.6 is 23.2 Å². The first-order chi connectivity index (χ1) is 9.35. The quantitative estimate of drug-likeness (QED) is 0.824. The first-order valence-electron chi connectivity index (χ1n) is 6.79. The lowest BCUT2D eigenvalue weighted by molar-refractivity contribution is -0.117. The van der Waals surface area contributed by atoms with Gasteiger partial charge in [0.15, 0.2) is 0 Å². The number of halogens is 2. The summed E-state index contributed by atoms with van der Waals surface area (Å²) in [4.78, 5) is 12.1. The molecule has 0 fully saturated rings. The Morgan fingerprint density at radius 2 is 2.00 bits per heavy atom. The van der Waals surface area contributed by atoms with Crippen molar-refractivity contribution < 1.29 is 4.79 Å². The van der Waals surface area contributed by atoms with Crippen molar-refractivity contribution in [2.45, 2.75) is 33.6 Å². The standard InChI is InChI=1S/C15H22Cl2N2O/c1-9(2)6-11(8-18)7-13(20)19-15-12(16)5-4-10(3)14(15)17/h4-5,9,11H,6-8,18H2,1-3H3,(H,19,20)/t11-/m0/s1. The summed E-state index contributed by atoms with van der Waals surface area (Å²) in [6, 6.07) is 3.55. The molecule has 0 saturated carbocycles. The molecular weight excluding hydrogens is 295 g/mol. The van der Waals surface area contributed by atoms with Crippen LogP contribution in [-0.4, -0.2) is 12.5 Å². The van der Waals surface area contributed by atoms with E-state index in [2.05, 4.69) is 19.2 Å². The molecule has 3 N–H and O–H groups in total. The molecule has 0 aliphatic carbocycles. The summed E-state index contributed by atoms with van der Waals surface area (Å²) in [7, 11) is 0. The average Bonchev–Trinajstić information content (AvgIpc) is 2.38. The highest BCUT2D eigenvalue weighted by atomic mass is 35.5. The van der Waals surface area contributed by atoms with Crippen molar-refractivity contribution in [3.8, 4) is 0 Å². The molecule has 1 amide bonds. The third kappa shape index (κ3) is 4.97. The molecule has 0 heterocycles. The van der Waals surface area contributed by atoms with Gasteiger partial charge < -0.3 is 11.1 Å². The Morgan fingerprint density at radius 3 is 2.55 bits per heavy atom. The van der Waals surface area contributed by atoms with Gasteiger partial charge in [-0.25, -0.2) is 0 Å². The maximum atomic E-state index is 12.1. The predicted molar refractivity (Wildman–Crippen MR) is 86.4 cm³/mol. The van der Waals surface area contributed by atoms with Crippen LogP contribution in [0.4, 0.5) is 5.69 Å². The van der Waals surface area contributed by atoms with Gasteiger partial charge in [-0.3, -0.25) is 4.79 Å².